The fourth-order valence-electron chi connectivity index (χ4n) is 3.17. The highest BCUT2D eigenvalue weighted by Gasteiger charge is 2.21. The molecule has 0 aliphatic rings. The van der Waals surface area contributed by atoms with Crippen LogP contribution in [-0.4, -0.2) is 71.3 Å². The molecule has 4 amide bonds. The van der Waals surface area contributed by atoms with Gasteiger partial charge in [0.15, 0.2) is 23.4 Å². The smallest absolute Gasteiger partial charge is 0.292 e. The lowest BCUT2D eigenvalue weighted by Gasteiger charge is -2.03. The Morgan fingerprint density at radius 2 is 1.16 bits per heavy atom. The predicted octanol–water partition coefficient (Wildman–Crippen LogP) is -1.65. The summed E-state index contributed by atoms with van der Waals surface area (Å²) < 4.78 is 4.29. The first kappa shape index (κ1) is 26.4. The average molecular weight is 514 g/mol. The lowest BCUT2D eigenvalue weighted by molar-refractivity contribution is -0.114. The summed E-state index contributed by atoms with van der Waals surface area (Å²) in [4.78, 5) is 65.1. The van der Waals surface area contributed by atoms with Gasteiger partial charge in [0.05, 0.1) is 6.54 Å². The highest BCUT2D eigenvalue weighted by Crippen LogP contribution is 2.14. The third-order valence-electron chi connectivity index (χ3n) is 4.72. The minimum Gasteiger partial charge on any atom is -0.370 e. The van der Waals surface area contributed by atoms with E-state index in [2.05, 4.69) is 41.2 Å². The van der Waals surface area contributed by atoms with E-state index < -0.39 is 17.7 Å². The Kier molecular flexibility index (Phi) is 7.86. The largest absolute Gasteiger partial charge is 0.370 e. The number of guanidine groups is 1. The van der Waals surface area contributed by atoms with Crippen LogP contribution in [0.2, 0.25) is 0 Å². The molecule has 0 unspecified atom stereocenters. The van der Waals surface area contributed by atoms with Gasteiger partial charge in [-0.25, -0.2) is 15.0 Å². The second-order valence-corrected chi connectivity index (χ2v) is 7.83. The number of nitrogens with two attached hydrogens (primary N) is 2. The van der Waals surface area contributed by atoms with E-state index in [-0.39, 0.29) is 59.9 Å². The molecule has 0 aliphatic carbocycles. The first-order chi connectivity index (χ1) is 17.4. The van der Waals surface area contributed by atoms with Crippen LogP contribution < -0.4 is 32.7 Å². The van der Waals surface area contributed by atoms with Gasteiger partial charge in [-0.2, -0.15) is 0 Å². The zero-order valence-corrected chi connectivity index (χ0v) is 20.6. The van der Waals surface area contributed by atoms with Crippen LogP contribution in [0.15, 0.2) is 23.6 Å². The summed E-state index contributed by atoms with van der Waals surface area (Å²) in [6.07, 6.45) is 4.39. The molecule has 0 bridgehead atoms. The van der Waals surface area contributed by atoms with Gasteiger partial charge in [-0.05, 0) is 0 Å². The maximum Gasteiger partial charge on any atom is 0.292 e. The molecule has 0 aliphatic heterocycles. The second-order valence-electron chi connectivity index (χ2n) is 7.83. The summed E-state index contributed by atoms with van der Waals surface area (Å²) in [7, 11) is 4.76. The molecular weight excluding hydrogens is 486 g/mol. The van der Waals surface area contributed by atoms with Crippen LogP contribution in [0, 0.1) is 0 Å². The Hall–Kier alpha value is -5.22. The van der Waals surface area contributed by atoms with Crippen molar-refractivity contribution in [2.45, 2.75) is 6.92 Å². The summed E-state index contributed by atoms with van der Waals surface area (Å²) >= 11 is 0. The normalized spacial score (nSPS) is 10.5. The standard InChI is InChI=1S/C20H27N13O4/c1-10(34)25-11-7-32(3)15(26-11)18(36)30-13-9-33(4)16(28-13)19(37)29-12-8-31(2)14(27-12)17(35)23-5-6-24-20(21)22/h7-9H,5-6H2,1-4H3,(H,23,35)(H,25,34)(H,29,37)(H,30,36)(H4,21,22,24). The van der Waals surface area contributed by atoms with Gasteiger partial charge in [0, 0.05) is 53.2 Å². The van der Waals surface area contributed by atoms with Crippen molar-refractivity contribution >= 4 is 47.0 Å². The molecule has 3 aromatic rings. The van der Waals surface area contributed by atoms with Gasteiger partial charge in [0.25, 0.3) is 17.7 Å². The Balaban J connectivity index is 1.65. The van der Waals surface area contributed by atoms with Crippen molar-refractivity contribution in [2.75, 3.05) is 29.0 Å². The topological polar surface area (TPSA) is 234 Å². The number of nitrogens with one attached hydrogen (secondary N) is 4. The number of nitrogens with zero attached hydrogens (tertiary/aromatic N) is 7. The molecular formula is C20H27N13O4. The molecule has 0 saturated carbocycles. The molecule has 0 radical (unpaired) electrons. The van der Waals surface area contributed by atoms with Gasteiger partial charge in [-0.1, -0.05) is 0 Å². The van der Waals surface area contributed by atoms with E-state index >= 15 is 0 Å². The quantitative estimate of drug-likeness (QED) is 0.109. The van der Waals surface area contributed by atoms with E-state index in [1.54, 1.807) is 21.1 Å². The number of aromatic nitrogens is 6. The molecule has 0 spiro atoms. The van der Waals surface area contributed by atoms with Gasteiger partial charge in [0.1, 0.15) is 0 Å². The fourth-order valence-corrected chi connectivity index (χ4v) is 3.17. The van der Waals surface area contributed by atoms with E-state index in [9.17, 15) is 19.2 Å². The third-order valence-corrected chi connectivity index (χ3v) is 4.72. The number of anilines is 3. The zero-order valence-electron chi connectivity index (χ0n) is 20.6. The maximum absolute atomic E-state index is 12.8. The summed E-state index contributed by atoms with van der Waals surface area (Å²) in [5, 5.41) is 10.2. The fraction of sp³-hybridized carbons (Fsp3) is 0.300. The molecule has 3 heterocycles. The van der Waals surface area contributed by atoms with Gasteiger partial charge in [-0.15, -0.1) is 0 Å². The molecule has 3 rings (SSSR count). The van der Waals surface area contributed by atoms with Crippen molar-refractivity contribution in [3.63, 3.8) is 0 Å². The lowest BCUT2D eigenvalue weighted by atomic mass is 10.5. The molecule has 0 fully saturated rings. The van der Waals surface area contributed by atoms with E-state index in [1.807, 2.05) is 0 Å². The van der Waals surface area contributed by atoms with E-state index in [0.29, 0.717) is 0 Å². The SMILES string of the molecule is CC(=O)Nc1cn(C)c(C(=O)Nc2cn(C)c(C(=O)Nc3cn(C)c(C(=O)NCCN=C(N)N)n3)n2)n1. The van der Waals surface area contributed by atoms with Crippen LogP contribution in [-0.2, 0) is 25.9 Å². The lowest BCUT2D eigenvalue weighted by Crippen LogP contribution is -2.30. The Labute approximate surface area is 210 Å². The molecule has 17 nitrogen and oxygen atoms in total. The number of hydrogen-bond acceptors (Lipinski definition) is 8. The number of imidazole rings is 3. The van der Waals surface area contributed by atoms with Crippen molar-refractivity contribution in [1.29, 1.82) is 0 Å². The van der Waals surface area contributed by atoms with Crippen LogP contribution in [0.4, 0.5) is 17.5 Å². The minimum absolute atomic E-state index is 0.0250. The minimum atomic E-state index is -0.620. The van der Waals surface area contributed by atoms with Crippen molar-refractivity contribution < 1.29 is 19.2 Å². The van der Waals surface area contributed by atoms with Crippen LogP contribution >= 0.6 is 0 Å². The molecule has 0 aromatic carbocycles. The number of amides is 4. The zero-order chi connectivity index (χ0) is 27.3. The van der Waals surface area contributed by atoms with E-state index in [4.69, 9.17) is 11.5 Å². The first-order valence-electron chi connectivity index (χ1n) is 10.8. The highest BCUT2D eigenvalue weighted by molar-refractivity contribution is 6.04. The summed E-state index contributed by atoms with van der Waals surface area (Å²) in [6, 6.07) is 0. The highest BCUT2D eigenvalue weighted by atomic mass is 16.2. The van der Waals surface area contributed by atoms with E-state index in [1.165, 1.54) is 39.2 Å². The molecule has 0 saturated heterocycles. The number of hydrogen-bond donors (Lipinski definition) is 6. The molecule has 196 valence electrons. The van der Waals surface area contributed by atoms with Crippen molar-refractivity contribution in [2.24, 2.45) is 37.6 Å². The van der Waals surface area contributed by atoms with Gasteiger partial charge in [-0.3, -0.25) is 24.2 Å². The Bertz CT molecular complexity index is 1380. The van der Waals surface area contributed by atoms with Crippen molar-refractivity contribution in [1.82, 2.24) is 34.0 Å². The summed E-state index contributed by atoms with van der Waals surface area (Å²) in [5.74, 6) is -1.60. The number of carbonyl (C=O) groups is 4. The van der Waals surface area contributed by atoms with Crippen LogP contribution in [0.1, 0.15) is 38.8 Å². The molecule has 3 aromatic heterocycles. The Morgan fingerprint density at radius 3 is 1.57 bits per heavy atom. The Morgan fingerprint density at radius 1 is 0.757 bits per heavy atom. The van der Waals surface area contributed by atoms with Gasteiger partial charge in [0.2, 0.25) is 23.4 Å². The van der Waals surface area contributed by atoms with Crippen LogP contribution in [0.3, 0.4) is 0 Å². The van der Waals surface area contributed by atoms with E-state index in [0.717, 1.165) is 0 Å². The molecule has 0 atom stereocenters. The number of rotatable bonds is 9. The number of aryl methyl sites for hydroxylation is 3. The first-order valence-corrected chi connectivity index (χ1v) is 10.8. The molecule has 17 heteroatoms. The number of carbonyl (C=O) groups excluding carboxylic acids is 4. The van der Waals surface area contributed by atoms with Crippen molar-refractivity contribution in [3.8, 4) is 0 Å². The summed E-state index contributed by atoms with van der Waals surface area (Å²) in [5.41, 5.74) is 10.5. The monoisotopic (exact) mass is 513 g/mol. The van der Waals surface area contributed by atoms with Crippen LogP contribution in [0.25, 0.3) is 0 Å². The van der Waals surface area contributed by atoms with Crippen molar-refractivity contribution in [3.05, 3.63) is 36.1 Å². The average Bonchev–Trinajstić information content (AvgIpc) is 3.46. The number of aliphatic imine (C=N–C) groups is 1. The van der Waals surface area contributed by atoms with Gasteiger partial charge < -0.3 is 46.4 Å². The third kappa shape index (κ3) is 6.68. The molecule has 37 heavy (non-hydrogen) atoms. The van der Waals surface area contributed by atoms with Gasteiger partial charge >= 0.3 is 0 Å². The second kappa shape index (κ2) is 11.0. The predicted molar refractivity (Wildman–Crippen MR) is 133 cm³/mol. The maximum atomic E-state index is 12.8. The summed E-state index contributed by atoms with van der Waals surface area (Å²) in [6.45, 7) is 1.73. The molecule has 8 N–H and O–H groups in total. The van der Waals surface area contributed by atoms with Crippen LogP contribution in [0.5, 0.6) is 0 Å².